The molecule has 0 amide bonds. The summed E-state index contributed by atoms with van der Waals surface area (Å²) in [5.74, 6) is -0.493. The van der Waals surface area contributed by atoms with Gasteiger partial charge in [0, 0.05) is 18.1 Å². The molecule has 152 valence electrons. The van der Waals surface area contributed by atoms with Crippen LogP contribution in [0.1, 0.15) is 31.2 Å². The fourth-order valence-corrected chi connectivity index (χ4v) is 5.51. The van der Waals surface area contributed by atoms with Gasteiger partial charge >= 0.3 is 5.97 Å². The summed E-state index contributed by atoms with van der Waals surface area (Å²) in [6.45, 7) is 6.11. The molecule has 3 rings (SSSR count). The molecule has 0 atom stereocenters. The average molecular weight is 426 g/mol. The van der Waals surface area contributed by atoms with E-state index in [4.69, 9.17) is 16.3 Å². The minimum atomic E-state index is -3.71. The number of aryl methyl sites for hydroxylation is 1. The highest BCUT2D eigenvalue weighted by molar-refractivity contribution is 7.89. The average Bonchev–Trinajstić information content (AvgIpc) is 2.97. The predicted octanol–water partition coefficient (Wildman–Crippen LogP) is 3.11. The summed E-state index contributed by atoms with van der Waals surface area (Å²) in [6, 6.07) is 7.06. The minimum absolute atomic E-state index is 0.219. The van der Waals surface area contributed by atoms with Crippen LogP contribution >= 0.6 is 11.6 Å². The number of benzene rings is 1. The zero-order chi connectivity index (χ0) is 20.5. The van der Waals surface area contributed by atoms with Gasteiger partial charge in [-0.25, -0.2) is 13.1 Å². The van der Waals surface area contributed by atoms with Gasteiger partial charge in [-0.3, -0.25) is 4.79 Å². The first-order chi connectivity index (χ1) is 13.3. The zero-order valence-corrected chi connectivity index (χ0v) is 17.8. The first-order valence-electron chi connectivity index (χ1n) is 9.24. The van der Waals surface area contributed by atoms with E-state index in [9.17, 15) is 13.2 Å². The molecule has 0 radical (unpaired) electrons. The van der Waals surface area contributed by atoms with Crippen molar-refractivity contribution in [3.8, 4) is 5.69 Å². The third kappa shape index (κ3) is 3.94. The molecule has 1 aromatic heterocycles. The SMILES string of the molecule is CCOC(=O)C1CCN(S(=O)(=O)c2c(C)nn(-c3ccc(Cl)cc3)c2C)CC1. The fraction of sp³-hybridized carbons (Fsp3) is 0.474. The number of carbonyl (C=O) groups excluding carboxylic acids is 1. The third-order valence-corrected chi connectivity index (χ3v) is 7.37. The maximum Gasteiger partial charge on any atom is 0.309 e. The number of hydrogen-bond donors (Lipinski definition) is 0. The van der Waals surface area contributed by atoms with Crippen LogP contribution < -0.4 is 0 Å². The van der Waals surface area contributed by atoms with Crippen LogP contribution in [0.25, 0.3) is 5.69 Å². The summed E-state index contributed by atoms with van der Waals surface area (Å²) in [5.41, 5.74) is 1.74. The van der Waals surface area contributed by atoms with Crippen molar-refractivity contribution in [1.29, 1.82) is 0 Å². The molecule has 0 bridgehead atoms. The molecule has 0 saturated carbocycles. The van der Waals surface area contributed by atoms with E-state index in [2.05, 4.69) is 5.10 Å². The number of nitrogens with zero attached hydrogens (tertiary/aromatic N) is 3. The van der Waals surface area contributed by atoms with Gasteiger partial charge in [0.05, 0.1) is 29.6 Å². The summed E-state index contributed by atoms with van der Waals surface area (Å²) in [6.07, 6.45) is 0.920. The number of aromatic nitrogens is 2. The molecule has 2 aromatic rings. The lowest BCUT2D eigenvalue weighted by atomic mass is 9.98. The van der Waals surface area contributed by atoms with Gasteiger partial charge in [0.15, 0.2) is 0 Å². The molecule has 0 spiro atoms. The van der Waals surface area contributed by atoms with Crippen molar-refractivity contribution in [1.82, 2.24) is 14.1 Å². The quantitative estimate of drug-likeness (QED) is 0.687. The van der Waals surface area contributed by atoms with E-state index < -0.39 is 10.0 Å². The molecule has 1 aliphatic heterocycles. The molecule has 1 aliphatic rings. The molecule has 9 heteroatoms. The number of hydrogen-bond acceptors (Lipinski definition) is 5. The van der Waals surface area contributed by atoms with E-state index in [0.717, 1.165) is 5.69 Å². The smallest absolute Gasteiger partial charge is 0.309 e. The van der Waals surface area contributed by atoms with Crippen LogP contribution in [0.2, 0.25) is 5.02 Å². The Hall–Kier alpha value is -1.90. The Balaban J connectivity index is 1.85. The van der Waals surface area contributed by atoms with Crippen molar-refractivity contribution in [3.05, 3.63) is 40.7 Å². The van der Waals surface area contributed by atoms with Gasteiger partial charge < -0.3 is 4.74 Å². The molecule has 28 heavy (non-hydrogen) atoms. The van der Waals surface area contributed by atoms with Crippen LogP contribution in [0.15, 0.2) is 29.2 Å². The summed E-state index contributed by atoms with van der Waals surface area (Å²) < 4.78 is 34.6. The Morgan fingerprint density at radius 2 is 1.82 bits per heavy atom. The number of piperidine rings is 1. The van der Waals surface area contributed by atoms with Gasteiger partial charge in [-0.15, -0.1) is 0 Å². The molecule has 0 aliphatic carbocycles. The van der Waals surface area contributed by atoms with Crippen LogP contribution in [0, 0.1) is 19.8 Å². The van der Waals surface area contributed by atoms with Gasteiger partial charge in [0.1, 0.15) is 4.90 Å². The van der Waals surface area contributed by atoms with Crippen molar-refractivity contribution >= 4 is 27.6 Å². The van der Waals surface area contributed by atoms with Crippen molar-refractivity contribution in [3.63, 3.8) is 0 Å². The summed E-state index contributed by atoms with van der Waals surface area (Å²) in [4.78, 5) is 12.1. The Bertz CT molecular complexity index is 962. The second-order valence-electron chi connectivity index (χ2n) is 6.82. The first kappa shape index (κ1) is 20.8. The summed E-state index contributed by atoms with van der Waals surface area (Å²) in [5, 5.41) is 5.03. The van der Waals surface area contributed by atoms with Gasteiger partial charge in [-0.05, 0) is 57.9 Å². The molecule has 1 aromatic carbocycles. The second-order valence-corrected chi connectivity index (χ2v) is 9.13. The lowest BCUT2D eigenvalue weighted by Gasteiger charge is -2.30. The summed E-state index contributed by atoms with van der Waals surface area (Å²) >= 11 is 5.94. The minimum Gasteiger partial charge on any atom is -0.466 e. The van der Waals surface area contributed by atoms with E-state index >= 15 is 0 Å². The zero-order valence-electron chi connectivity index (χ0n) is 16.2. The molecular weight excluding hydrogens is 402 g/mol. The maximum atomic E-state index is 13.3. The third-order valence-electron chi connectivity index (χ3n) is 4.97. The highest BCUT2D eigenvalue weighted by Crippen LogP contribution is 2.29. The number of ether oxygens (including phenoxy) is 1. The molecule has 1 saturated heterocycles. The first-order valence-corrected chi connectivity index (χ1v) is 11.1. The van der Waals surface area contributed by atoms with Gasteiger partial charge in [-0.1, -0.05) is 11.6 Å². The number of esters is 1. The number of sulfonamides is 1. The van der Waals surface area contributed by atoms with E-state index in [1.165, 1.54) is 4.31 Å². The highest BCUT2D eigenvalue weighted by atomic mass is 35.5. The van der Waals surface area contributed by atoms with Crippen LogP contribution in [0.5, 0.6) is 0 Å². The Morgan fingerprint density at radius 1 is 1.21 bits per heavy atom. The lowest BCUT2D eigenvalue weighted by Crippen LogP contribution is -2.40. The van der Waals surface area contributed by atoms with E-state index in [1.807, 2.05) is 0 Å². The maximum absolute atomic E-state index is 13.3. The Morgan fingerprint density at radius 3 is 2.39 bits per heavy atom. The summed E-state index contributed by atoms with van der Waals surface area (Å²) in [7, 11) is -3.71. The molecular formula is C19H24ClN3O4S. The largest absolute Gasteiger partial charge is 0.466 e. The number of rotatable bonds is 5. The molecule has 7 nitrogen and oxygen atoms in total. The molecule has 0 N–H and O–H groups in total. The normalized spacial score (nSPS) is 16.3. The van der Waals surface area contributed by atoms with Crippen molar-refractivity contribution in [2.24, 2.45) is 5.92 Å². The predicted molar refractivity (Wildman–Crippen MR) is 106 cm³/mol. The monoisotopic (exact) mass is 425 g/mol. The fourth-order valence-electron chi connectivity index (χ4n) is 3.56. The second kappa shape index (κ2) is 8.23. The van der Waals surface area contributed by atoms with Crippen molar-refractivity contribution < 1.29 is 17.9 Å². The van der Waals surface area contributed by atoms with Crippen LogP contribution in [0.3, 0.4) is 0 Å². The molecule has 2 heterocycles. The van der Waals surface area contributed by atoms with Crippen LogP contribution in [-0.4, -0.2) is 48.2 Å². The molecule has 0 unspecified atom stereocenters. The van der Waals surface area contributed by atoms with Crippen LogP contribution in [0.4, 0.5) is 0 Å². The lowest BCUT2D eigenvalue weighted by molar-refractivity contribution is -0.149. The van der Waals surface area contributed by atoms with Gasteiger partial charge in [0.2, 0.25) is 10.0 Å². The van der Waals surface area contributed by atoms with E-state index in [1.54, 1.807) is 49.7 Å². The van der Waals surface area contributed by atoms with Crippen LogP contribution in [-0.2, 0) is 19.6 Å². The van der Waals surface area contributed by atoms with Crippen molar-refractivity contribution in [2.75, 3.05) is 19.7 Å². The van der Waals surface area contributed by atoms with Gasteiger partial charge in [0.25, 0.3) is 0 Å². The Kier molecular flexibility index (Phi) is 6.12. The topological polar surface area (TPSA) is 81.5 Å². The van der Waals surface area contributed by atoms with Gasteiger partial charge in [-0.2, -0.15) is 9.40 Å². The standard InChI is InChI=1S/C19H24ClN3O4S/c1-4-27-19(24)15-9-11-22(12-10-15)28(25,26)18-13(2)21-23(14(18)3)17-7-5-16(20)6-8-17/h5-8,15H,4,9-12H2,1-3H3. The number of carbonyl (C=O) groups is 1. The Labute approximate surface area is 170 Å². The highest BCUT2D eigenvalue weighted by Gasteiger charge is 2.35. The van der Waals surface area contributed by atoms with E-state index in [-0.39, 0.29) is 29.9 Å². The number of halogens is 1. The van der Waals surface area contributed by atoms with Crippen molar-refractivity contribution in [2.45, 2.75) is 38.5 Å². The molecule has 1 fully saturated rings. The van der Waals surface area contributed by atoms with E-state index in [0.29, 0.717) is 35.9 Å².